The Balaban J connectivity index is 2.07. The van der Waals surface area contributed by atoms with E-state index in [1.165, 1.54) is 16.7 Å². The van der Waals surface area contributed by atoms with Gasteiger partial charge in [-0.3, -0.25) is 19.2 Å². The SMILES string of the molecule is CC(C)CC(NC(=O)C1CCCC(=O)N1)C(=O)N1CSCC1C(N)=O. The van der Waals surface area contributed by atoms with Crippen LogP contribution in [0, 0.1) is 5.92 Å². The molecule has 9 heteroatoms. The Kier molecular flexibility index (Phi) is 6.69. The molecular formula is C16H26N4O4S. The van der Waals surface area contributed by atoms with Gasteiger partial charge in [0.15, 0.2) is 0 Å². The van der Waals surface area contributed by atoms with Crippen molar-refractivity contribution in [2.75, 3.05) is 11.6 Å². The largest absolute Gasteiger partial charge is 0.368 e. The van der Waals surface area contributed by atoms with Crippen LogP contribution in [0.25, 0.3) is 0 Å². The van der Waals surface area contributed by atoms with Crippen LogP contribution in [0.15, 0.2) is 0 Å². The number of nitrogens with two attached hydrogens (primary N) is 1. The van der Waals surface area contributed by atoms with E-state index < -0.39 is 24.0 Å². The first kappa shape index (κ1) is 19.6. The first-order valence-electron chi connectivity index (χ1n) is 8.57. The van der Waals surface area contributed by atoms with E-state index in [0.717, 1.165) is 0 Å². The van der Waals surface area contributed by atoms with E-state index in [9.17, 15) is 19.2 Å². The molecule has 4 N–H and O–H groups in total. The predicted octanol–water partition coefficient (Wildman–Crippen LogP) is -0.427. The van der Waals surface area contributed by atoms with Gasteiger partial charge in [0.1, 0.15) is 18.1 Å². The van der Waals surface area contributed by atoms with Crippen LogP contribution in [0.4, 0.5) is 0 Å². The van der Waals surface area contributed by atoms with E-state index in [-0.39, 0.29) is 23.6 Å². The van der Waals surface area contributed by atoms with Crippen molar-refractivity contribution in [3.8, 4) is 0 Å². The van der Waals surface area contributed by atoms with Gasteiger partial charge in [0.25, 0.3) is 0 Å². The fourth-order valence-electron chi connectivity index (χ4n) is 3.06. The molecule has 0 spiro atoms. The van der Waals surface area contributed by atoms with Gasteiger partial charge in [0, 0.05) is 12.2 Å². The minimum absolute atomic E-state index is 0.150. The van der Waals surface area contributed by atoms with Crippen molar-refractivity contribution in [2.45, 2.75) is 57.7 Å². The number of amides is 4. The molecule has 2 aliphatic heterocycles. The third-order valence-corrected chi connectivity index (χ3v) is 5.38. The van der Waals surface area contributed by atoms with Gasteiger partial charge in [0.2, 0.25) is 23.6 Å². The quantitative estimate of drug-likeness (QED) is 0.586. The minimum atomic E-state index is -0.730. The summed E-state index contributed by atoms with van der Waals surface area (Å²) in [6.45, 7) is 3.91. The van der Waals surface area contributed by atoms with E-state index in [1.54, 1.807) is 0 Å². The number of piperidine rings is 1. The Morgan fingerprint density at radius 2 is 2.12 bits per heavy atom. The third-order valence-electron chi connectivity index (χ3n) is 4.36. The molecule has 3 atom stereocenters. The highest BCUT2D eigenvalue weighted by atomic mass is 32.2. The zero-order chi connectivity index (χ0) is 18.6. The molecule has 0 aromatic rings. The maximum absolute atomic E-state index is 12.9. The Morgan fingerprint density at radius 3 is 2.72 bits per heavy atom. The smallest absolute Gasteiger partial charge is 0.246 e. The van der Waals surface area contributed by atoms with Crippen LogP contribution in [0.1, 0.15) is 39.5 Å². The van der Waals surface area contributed by atoms with Crippen LogP contribution in [0.3, 0.4) is 0 Å². The Bertz CT molecular complexity index is 554. The summed E-state index contributed by atoms with van der Waals surface area (Å²) in [5.41, 5.74) is 5.38. The van der Waals surface area contributed by atoms with Gasteiger partial charge in [-0.05, 0) is 25.2 Å². The van der Waals surface area contributed by atoms with Crippen molar-refractivity contribution < 1.29 is 19.2 Å². The lowest BCUT2D eigenvalue weighted by atomic mass is 9.99. The number of carbonyl (C=O) groups excluding carboxylic acids is 4. The van der Waals surface area contributed by atoms with Gasteiger partial charge in [-0.15, -0.1) is 11.8 Å². The van der Waals surface area contributed by atoms with Gasteiger partial charge < -0.3 is 21.3 Å². The van der Waals surface area contributed by atoms with Crippen molar-refractivity contribution in [3.05, 3.63) is 0 Å². The second-order valence-corrected chi connectivity index (χ2v) is 7.93. The predicted molar refractivity (Wildman–Crippen MR) is 94.3 cm³/mol. The molecule has 0 saturated carbocycles. The number of thioether (sulfide) groups is 1. The highest BCUT2D eigenvalue weighted by Gasteiger charge is 2.38. The van der Waals surface area contributed by atoms with Gasteiger partial charge in [0.05, 0.1) is 5.88 Å². The highest BCUT2D eigenvalue weighted by Crippen LogP contribution is 2.23. The van der Waals surface area contributed by atoms with Crippen molar-refractivity contribution in [3.63, 3.8) is 0 Å². The van der Waals surface area contributed by atoms with Crippen LogP contribution in [0.5, 0.6) is 0 Å². The summed E-state index contributed by atoms with van der Waals surface area (Å²) in [5.74, 6) is -0.292. The van der Waals surface area contributed by atoms with E-state index in [2.05, 4.69) is 10.6 Å². The van der Waals surface area contributed by atoms with E-state index in [1.807, 2.05) is 13.8 Å². The molecule has 0 aromatic heterocycles. The van der Waals surface area contributed by atoms with E-state index in [4.69, 9.17) is 5.73 Å². The number of hydrogen-bond acceptors (Lipinski definition) is 5. The number of rotatable bonds is 6. The summed E-state index contributed by atoms with van der Waals surface area (Å²) in [6.07, 6.45) is 2.09. The highest BCUT2D eigenvalue weighted by molar-refractivity contribution is 7.99. The molecule has 2 heterocycles. The second kappa shape index (κ2) is 8.55. The molecule has 0 radical (unpaired) electrons. The monoisotopic (exact) mass is 370 g/mol. The van der Waals surface area contributed by atoms with Crippen LogP contribution in [0.2, 0.25) is 0 Å². The van der Waals surface area contributed by atoms with Crippen molar-refractivity contribution in [1.82, 2.24) is 15.5 Å². The fraction of sp³-hybridized carbons (Fsp3) is 0.750. The summed E-state index contributed by atoms with van der Waals surface area (Å²) in [6, 6.07) is -1.98. The van der Waals surface area contributed by atoms with E-state index >= 15 is 0 Å². The molecular weight excluding hydrogens is 344 g/mol. The van der Waals surface area contributed by atoms with Crippen LogP contribution in [-0.4, -0.2) is 58.3 Å². The zero-order valence-corrected chi connectivity index (χ0v) is 15.4. The number of hydrogen-bond donors (Lipinski definition) is 3. The fourth-order valence-corrected chi connectivity index (χ4v) is 4.24. The van der Waals surface area contributed by atoms with Crippen molar-refractivity contribution >= 4 is 35.4 Å². The van der Waals surface area contributed by atoms with Crippen LogP contribution < -0.4 is 16.4 Å². The molecule has 0 bridgehead atoms. The molecule has 3 unspecified atom stereocenters. The molecule has 2 saturated heterocycles. The molecule has 4 amide bonds. The van der Waals surface area contributed by atoms with Crippen molar-refractivity contribution in [1.29, 1.82) is 0 Å². The lowest BCUT2D eigenvalue weighted by molar-refractivity contribution is -0.141. The Labute approximate surface area is 151 Å². The number of nitrogens with zero attached hydrogens (tertiary/aromatic N) is 1. The number of carbonyl (C=O) groups is 4. The average Bonchev–Trinajstić information content (AvgIpc) is 3.02. The van der Waals surface area contributed by atoms with Crippen LogP contribution in [-0.2, 0) is 19.2 Å². The summed E-state index contributed by atoms with van der Waals surface area (Å²) in [7, 11) is 0. The van der Waals surface area contributed by atoms with E-state index in [0.29, 0.717) is 37.3 Å². The molecule has 140 valence electrons. The normalized spacial score (nSPS) is 24.8. The molecule has 0 aromatic carbocycles. The average molecular weight is 370 g/mol. The standard InChI is InChI=1S/C16H26N4O4S/c1-9(2)6-11(16(24)20-8-25-7-12(20)14(17)22)19-15(23)10-4-3-5-13(21)18-10/h9-12H,3-8H2,1-2H3,(H2,17,22)(H,18,21)(H,19,23). The third kappa shape index (κ3) is 5.10. The molecule has 2 fully saturated rings. The molecule has 2 rings (SSSR count). The lowest BCUT2D eigenvalue weighted by Crippen LogP contribution is -2.57. The van der Waals surface area contributed by atoms with Crippen molar-refractivity contribution in [2.24, 2.45) is 11.7 Å². The van der Waals surface area contributed by atoms with Gasteiger partial charge in [-0.1, -0.05) is 13.8 Å². The first-order valence-corrected chi connectivity index (χ1v) is 9.72. The first-order chi connectivity index (χ1) is 11.8. The molecule has 0 aliphatic carbocycles. The number of nitrogens with one attached hydrogen (secondary N) is 2. The lowest BCUT2D eigenvalue weighted by Gasteiger charge is -2.30. The summed E-state index contributed by atoms with van der Waals surface area (Å²) < 4.78 is 0. The molecule has 2 aliphatic rings. The maximum atomic E-state index is 12.9. The topological polar surface area (TPSA) is 122 Å². The molecule has 25 heavy (non-hydrogen) atoms. The number of primary amides is 1. The molecule has 8 nitrogen and oxygen atoms in total. The van der Waals surface area contributed by atoms with Gasteiger partial charge in [-0.25, -0.2) is 0 Å². The zero-order valence-electron chi connectivity index (χ0n) is 14.6. The Morgan fingerprint density at radius 1 is 1.40 bits per heavy atom. The second-order valence-electron chi connectivity index (χ2n) is 6.93. The van der Waals surface area contributed by atoms with Gasteiger partial charge >= 0.3 is 0 Å². The summed E-state index contributed by atoms with van der Waals surface area (Å²) >= 11 is 1.47. The van der Waals surface area contributed by atoms with Gasteiger partial charge in [-0.2, -0.15) is 0 Å². The maximum Gasteiger partial charge on any atom is 0.246 e. The summed E-state index contributed by atoms with van der Waals surface area (Å²) in [4.78, 5) is 49.8. The minimum Gasteiger partial charge on any atom is -0.368 e. The summed E-state index contributed by atoms with van der Waals surface area (Å²) in [5, 5.41) is 5.42. The Hall–Kier alpha value is -1.77. The van der Waals surface area contributed by atoms with Crippen LogP contribution >= 0.6 is 11.8 Å².